The van der Waals surface area contributed by atoms with Gasteiger partial charge in [-0.2, -0.15) is 0 Å². The summed E-state index contributed by atoms with van der Waals surface area (Å²) in [5.41, 5.74) is 0.534. The third kappa shape index (κ3) is 3.30. The van der Waals surface area contributed by atoms with E-state index < -0.39 is 14.4 Å². The number of phosphoric ester groups is 1. The lowest BCUT2D eigenvalue weighted by molar-refractivity contribution is 0.250. The maximum atomic E-state index is 10.6. The number of aliphatic hydroxyl groups excluding tert-OH is 2. The van der Waals surface area contributed by atoms with E-state index in [-0.39, 0.29) is 17.9 Å². The van der Waals surface area contributed by atoms with Gasteiger partial charge in [0.1, 0.15) is 5.75 Å². The molecule has 15 heavy (non-hydrogen) atoms. The van der Waals surface area contributed by atoms with Crippen molar-refractivity contribution in [2.75, 3.05) is 0 Å². The van der Waals surface area contributed by atoms with Crippen LogP contribution in [0.1, 0.15) is 11.1 Å². The Bertz CT molecular complexity index is 385. The second-order valence-corrected chi connectivity index (χ2v) is 3.96. The number of benzene rings is 1. The summed E-state index contributed by atoms with van der Waals surface area (Å²) in [5, 5.41) is 17.9. The van der Waals surface area contributed by atoms with Gasteiger partial charge >= 0.3 is 7.82 Å². The van der Waals surface area contributed by atoms with E-state index in [1.807, 2.05) is 0 Å². The zero-order valence-electron chi connectivity index (χ0n) is 7.70. The van der Waals surface area contributed by atoms with Gasteiger partial charge in [0, 0.05) is 5.56 Å². The summed E-state index contributed by atoms with van der Waals surface area (Å²) in [6.45, 7) is -0.805. The van der Waals surface area contributed by atoms with Gasteiger partial charge in [0.05, 0.1) is 13.2 Å². The molecule has 0 saturated carbocycles. The van der Waals surface area contributed by atoms with Crippen molar-refractivity contribution in [2.24, 2.45) is 0 Å². The molecule has 0 bridgehead atoms. The normalized spacial score (nSPS) is 11.5. The molecule has 0 radical (unpaired) electrons. The summed E-state index contributed by atoms with van der Waals surface area (Å²) >= 11 is 0. The molecule has 0 spiro atoms. The SMILES string of the molecule is O=P(O)(O)Oc1cccc(CO)c1CO. The highest BCUT2D eigenvalue weighted by molar-refractivity contribution is 7.46. The Balaban J connectivity index is 3.12. The summed E-state index contributed by atoms with van der Waals surface area (Å²) < 4.78 is 15.0. The second kappa shape index (κ2) is 4.74. The predicted octanol–water partition coefficient (Wildman–Crippen LogP) is 0.143. The highest BCUT2D eigenvalue weighted by atomic mass is 31.2. The number of hydrogen-bond acceptors (Lipinski definition) is 4. The first kappa shape index (κ1) is 12.2. The number of phosphoric acid groups is 1. The first-order valence-electron chi connectivity index (χ1n) is 4.05. The van der Waals surface area contributed by atoms with Crippen LogP contribution < -0.4 is 4.52 Å². The zero-order chi connectivity index (χ0) is 11.5. The average molecular weight is 234 g/mol. The van der Waals surface area contributed by atoms with Crippen LogP contribution in [0.5, 0.6) is 5.75 Å². The first-order chi connectivity index (χ1) is 6.98. The lowest BCUT2D eigenvalue weighted by Crippen LogP contribution is -1.99. The van der Waals surface area contributed by atoms with Crippen LogP contribution >= 0.6 is 7.82 Å². The van der Waals surface area contributed by atoms with Crippen LogP contribution in [0.3, 0.4) is 0 Å². The van der Waals surface area contributed by atoms with Crippen molar-refractivity contribution in [2.45, 2.75) is 13.2 Å². The maximum absolute atomic E-state index is 10.6. The molecule has 0 aliphatic rings. The molecule has 4 N–H and O–H groups in total. The van der Waals surface area contributed by atoms with Gasteiger partial charge < -0.3 is 14.7 Å². The largest absolute Gasteiger partial charge is 0.524 e. The molecule has 1 aromatic carbocycles. The van der Waals surface area contributed by atoms with Crippen molar-refractivity contribution in [3.05, 3.63) is 29.3 Å². The molecule has 0 atom stereocenters. The van der Waals surface area contributed by atoms with Gasteiger partial charge in [0.15, 0.2) is 0 Å². The molecule has 84 valence electrons. The Morgan fingerprint density at radius 3 is 2.33 bits per heavy atom. The van der Waals surface area contributed by atoms with Gasteiger partial charge in [0.2, 0.25) is 0 Å². The predicted molar refractivity (Wildman–Crippen MR) is 51.0 cm³/mol. The Hall–Kier alpha value is -0.910. The standard InChI is InChI=1S/C8H11O6P/c9-4-6-2-1-3-8(7(6)5-10)14-15(11,12)13/h1-3,9-10H,4-5H2,(H2,11,12,13). The lowest BCUT2D eigenvalue weighted by atomic mass is 10.1. The molecule has 0 saturated heterocycles. The molecule has 0 heterocycles. The monoisotopic (exact) mass is 234 g/mol. The molecule has 0 aliphatic carbocycles. The maximum Gasteiger partial charge on any atom is 0.524 e. The number of aliphatic hydroxyl groups is 2. The third-order valence-electron chi connectivity index (χ3n) is 1.78. The molecular weight excluding hydrogens is 223 g/mol. The van der Waals surface area contributed by atoms with Gasteiger partial charge in [0.25, 0.3) is 0 Å². The molecule has 0 aliphatic heterocycles. The Morgan fingerprint density at radius 2 is 1.87 bits per heavy atom. The van der Waals surface area contributed by atoms with E-state index in [4.69, 9.17) is 20.0 Å². The fraction of sp³-hybridized carbons (Fsp3) is 0.250. The first-order valence-corrected chi connectivity index (χ1v) is 5.58. The van der Waals surface area contributed by atoms with Crippen LogP contribution in [0.15, 0.2) is 18.2 Å². The summed E-state index contributed by atoms with van der Waals surface area (Å²) in [6.07, 6.45) is 0. The topological polar surface area (TPSA) is 107 Å². The molecule has 0 fully saturated rings. The number of rotatable bonds is 4. The second-order valence-electron chi connectivity index (χ2n) is 2.79. The molecule has 7 heteroatoms. The van der Waals surface area contributed by atoms with Crippen LogP contribution in [0, 0.1) is 0 Å². The van der Waals surface area contributed by atoms with Crippen LogP contribution in [0.2, 0.25) is 0 Å². The zero-order valence-corrected chi connectivity index (χ0v) is 8.59. The Kier molecular flexibility index (Phi) is 3.84. The van der Waals surface area contributed by atoms with Crippen molar-refractivity contribution in [3.8, 4) is 5.75 Å². The summed E-state index contributed by atoms with van der Waals surface area (Å²) in [7, 11) is -4.65. The van der Waals surface area contributed by atoms with E-state index in [0.717, 1.165) is 0 Å². The smallest absolute Gasteiger partial charge is 0.404 e. The summed E-state index contributed by atoms with van der Waals surface area (Å²) in [4.78, 5) is 17.2. The van der Waals surface area contributed by atoms with Gasteiger partial charge in [-0.1, -0.05) is 12.1 Å². The molecule has 0 unspecified atom stereocenters. The van der Waals surface area contributed by atoms with E-state index in [2.05, 4.69) is 4.52 Å². The van der Waals surface area contributed by atoms with Gasteiger partial charge in [-0.15, -0.1) is 0 Å². The minimum Gasteiger partial charge on any atom is -0.404 e. The molecule has 6 nitrogen and oxygen atoms in total. The van der Waals surface area contributed by atoms with Crippen molar-refractivity contribution in [3.63, 3.8) is 0 Å². The molecular formula is C8H11O6P. The van der Waals surface area contributed by atoms with Crippen molar-refractivity contribution in [1.82, 2.24) is 0 Å². The van der Waals surface area contributed by atoms with E-state index >= 15 is 0 Å². The molecule has 0 amide bonds. The summed E-state index contributed by atoms with van der Waals surface area (Å²) in [5.74, 6) is -0.127. The van der Waals surface area contributed by atoms with Crippen molar-refractivity contribution >= 4 is 7.82 Å². The van der Waals surface area contributed by atoms with E-state index in [1.54, 1.807) is 0 Å². The fourth-order valence-corrected chi connectivity index (χ4v) is 1.58. The third-order valence-corrected chi connectivity index (χ3v) is 2.21. The van der Waals surface area contributed by atoms with E-state index in [1.165, 1.54) is 18.2 Å². The van der Waals surface area contributed by atoms with Gasteiger partial charge in [-0.25, -0.2) is 4.57 Å². The number of hydrogen-bond donors (Lipinski definition) is 4. The average Bonchev–Trinajstić information content (AvgIpc) is 2.15. The van der Waals surface area contributed by atoms with E-state index in [9.17, 15) is 4.57 Å². The van der Waals surface area contributed by atoms with Crippen LogP contribution in [-0.2, 0) is 17.8 Å². The fourth-order valence-electron chi connectivity index (χ4n) is 1.15. The Morgan fingerprint density at radius 1 is 1.20 bits per heavy atom. The van der Waals surface area contributed by atoms with Crippen LogP contribution in [0.25, 0.3) is 0 Å². The van der Waals surface area contributed by atoms with Gasteiger partial charge in [-0.3, -0.25) is 9.79 Å². The lowest BCUT2D eigenvalue weighted by Gasteiger charge is -2.12. The highest BCUT2D eigenvalue weighted by Crippen LogP contribution is 2.39. The molecule has 0 aromatic heterocycles. The van der Waals surface area contributed by atoms with Gasteiger partial charge in [-0.05, 0) is 11.6 Å². The van der Waals surface area contributed by atoms with Crippen molar-refractivity contribution in [1.29, 1.82) is 0 Å². The van der Waals surface area contributed by atoms with Crippen molar-refractivity contribution < 1.29 is 29.1 Å². The highest BCUT2D eigenvalue weighted by Gasteiger charge is 2.19. The Labute approximate surface area is 86.0 Å². The minimum absolute atomic E-state index is 0.127. The minimum atomic E-state index is -4.65. The summed E-state index contributed by atoms with van der Waals surface area (Å²) in [6, 6.07) is 4.30. The quantitative estimate of drug-likeness (QED) is 0.552. The van der Waals surface area contributed by atoms with Crippen LogP contribution in [-0.4, -0.2) is 20.0 Å². The van der Waals surface area contributed by atoms with Crippen LogP contribution in [0.4, 0.5) is 0 Å². The van der Waals surface area contributed by atoms with E-state index in [0.29, 0.717) is 5.56 Å². The molecule has 1 aromatic rings. The molecule has 1 rings (SSSR count).